The Morgan fingerprint density at radius 2 is 1.68 bits per heavy atom. The molecule has 1 aliphatic heterocycles. The number of aliphatic hydroxyl groups excluding tert-OH is 3. The number of carboxylic acid groups (broad SMARTS) is 1. The molecule has 0 aliphatic carbocycles. The van der Waals surface area contributed by atoms with E-state index in [1.165, 1.54) is 0 Å². The number of allylic oxidation sites excluding steroid dienone is 1. The molecule has 1 heterocycles. The van der Waals surface area contributed by atoms with E-state index >= 15 is 0 Å². The minimum atomic E-state index is -2.01. The molecule has 1 fully saturated rings. The average Bonchev–Trinajstić information content (AvgIpc) is 2.67. The summed E-state index contributed by atoms with van der Waals surface area (Å²) in [5.74, 6) is -4.65. The van der Waals surface area contributed by atoms with Gasteiger partial charge in [0, 0.05) is 6.07 Å². The van der Waals surface area contributed by atoms with Crippen LogP contribution in [-0.2, 0) is 19.1 Å². The van der Waals surface area contributed by atoms with Crippen molar-refractivity contribution < 1.29 is 54.3 Å². The number of carboxylic acids is 1. The van der Waals surface area contributed by atoms with Gasteiger partial charge in [0.15, 0.2) is 23.4 Å². The lowest BCUT2D eigenvalue weighted by molar-refractivity contribution is -0.386. The van der Waals surface area contributed by atoms with Crippen LogP contribution in [0.4, 0.5) is 5.69 Å². The van der Waals surface area contributed by atoms with Crippen LogP contribution in [0.2, 0.25) is 0 Å². The highest BCUT2D eigenvalue weighted by Gasteiger charge is 2.48. The highest BCUT2D eigenvalue weighted by atomic mass is 16.7. The van der Waals surface area contributed by atoms with Gasteiger partial charge in [-0.3, -0.25) is 19.7 Å². The monoisotopic (exact) mass is 441 g/mol. The summed E-state index contributed by atoms with van der Waals surface area (Å²) in [5.41, 5.74) is -1.30. The standard InChI is InChI=1S/C18H19NO12/c1-6(20)9(7(2)21)3-8-4-10(19(28)29)12(22)11(5-8)30-18-15(25)13(23)14(24)16(31-18)17(26)27/h3-5,13-16,18,22-25H,1-2H3,(H,26,27)/t13-,14-,15+,16-,18+/m0/s1. The molecule has 1 aliphatic rings. The third kappa shape index (κ3) is 5.03. The van der Waals surface area contributed by atoms with Gasteiger partial charge in [0.2, 0.25) is 12.0 Å². The summed E-state index contributed by atoms with van der Waals surface area (Å²) >= 11 is 0. The molecule has 0 saturated carbocycles. The van der Waals surface area contributed by atoms with Gasteiger partial charge in [-0.2, -0.15) is 0 Å². The zero-order valence-electron chi connectivity index (χ0n) is 16.2. The first-order chi connectivity index (χ1) is 14.3. The first-order valence-corrected chi connectivity index (χ1v) is 8.69. The van der Waals surface area contributed by atoms with E-state index in [-0.39, 0.29) is 11.1 Å². The fourth-order valence-corrected chi connectivity index (χ4v) is 2.82. The number of nitrogens with zero attached hydrogens (tertiary/aromatic N) is 1. The van der Waals surface area contributed by atoms with E-state index in [2.05, 4.69) is 0 Å². The number of carbonyl (C=O) groups excluding carboxylic acids is 2. The summed E-state index contributed by atoms with van der Waals surface area (Å²) in [4.78, 5) is 44.7. The van der Waals surface area contributed by atoms with Crippen LogP contribution in [0, 0.1) is 10.1 Å². The van der Waals surface area contributed by atoms with Crippen molar-refractivity contribution >= 4 is 29.3 Å². The first kappa shape index (κ1) is 23.9. The van der Waals surface area contributed by atoms with Crippen LogP contribution in [0.15, 0.2) is 17.7 Å². The van der Waals surface area contributed by atoms with Crippen LogP contribution in [-0.4, -0.2) is 78.7 Å². The number of ketones is 2. The molecule has 13 nitrogen and oxygen atoms in total. The number of nitro benzene ring substituents is 1. The first-order valence-electron chi connectivity index (χ1n) is 8.69. The van der Waals surface area contributed by atoms with E-state index < -0.39 is 70.4 Å². The lowest BCUT2D eigenvalue weighted by atomic mass is 9.99. The molecule has 31 heavy (non-hydrogen) atoms. The summed E-state index contributed by atoms with van der Waals surface area (Å²) in [6, 6.07) is 1.82. The molecule has 0 unspecified atom stereocenters. The largest absolute Gasteiger partial charge is 0.500 e. The van der Waals surface area contributed by atoms with E-state index in [0.717, 1.165) is 32.1 Å². The number of hydrogen-bond donors (Lipinski definition) is 5. The zero-order chi connectivity index (χ0) is 23.6. The normalized spacial score (nSPS) is 25.4. The predicted molar refractivity (Wildman–Crippen MR) is 99.0 cm³/mol. The number of phenols is 1. The van der Waals surface area contributed by atoms with Crippen molar-refractivity contribution in [1.82, 2.24) is 0 Å². The molecule has 0 aromatic heterocycles. The second kappa shape index (κ2) is 9.18. The number of nitro groups is 1. The molecule has 5 N–H and O–H groups in total. The SMILES string of the molecule is CC(=O)C(=Cc1cc(O[C@@H]2O[C@H](C(=O)O)[C@@H](O)[C@H](O)[C@H]2O)c(O)c([N+](=O)[O-])c1)C(C)=O. The quantitative estimate of drug-likeness (QED) is 0.115. The fourth-order valence-electron chi connectivity index (χ4n) is 2.82. The molecular formula is C18H19NO12. The summed E-state index contributed by atoms with van der Waals surface area (Å²) in [6.07, 6.45) is -8.95. The molecule has 0 bridgehead atoms. The maximum atomic E-state index is 11.6. The number of phenolic OH excluding ortho intramolecular Hbond substituents is 1. The Kier molecular flexibility index (Phi) is 7.07. The Morgan fingerprint density at radius 3 is 2.16 bits per heavy atom. The van der Waals surface area contributed by atoms with Crippen molar-refractivity contribution in [2.24, 2.45) is 0 Å². The van der Waals surface area contributed by atoms with Crippen LogP contribution in [0.25, 0.3) is 6.08 Å². The highest BCUT2D eigenvalue weighted by Crippen LogP contribution is 2.39. The van der Waals surface area contributed by atoms with Gasteiger partial charge in [0.05, 0.1) is 10.5 Å². The second-order valence-electron chi connectivity index (χ2n) is 6.67. The molecule has 168 valence electrons. The minimum absolute atomic E-state index is 0.111. The van der Waals surface area contributed by atoms with Crippen LogP contribution in [0.5, 0.6) is 11.5 Å². The third-order valence-electron chi connectivity index (χ3n) is 4.40. The van der Waals surface area contributed by atoms with Crippen molar-refractivity contribution in [2.45, 2.75) is 44.6 Å². The Balaban J connectivity index is 2.52. The number of rotatable bonds is 7. The van der Waals surface area contributed by atoms with Gasteiger partial charge in [-0.15, -0.1) is 0 Å². The van der Waals surface area contributed by atoms with Crippen molar-refractivity contribution in [3.63, 3.8) is 0 Å². The van der Waals surface area contributed by atoms with Crippen LogP contribution in [0.1, 0.15) is 19.4 Å². The van der Waals surface area contributed by atoms with E-state index in [1.54, 1.807) is 0 Å². The molecule has 1 aromatic carbocycles. The summed E-state index contributed by atoms with van der Waals surface area (Å²) in [5, 5.41) is 60.1. The number of benzene rings is 1. The van der Waals surface area contributed by atoms with Crippen molar-refractivity contribution in [3.8, 4) is 11.5 Å². The molecule has 2 rings (SSSR count). The third-order valence-corrected chi connectivity index (χ3v) is 4.40. The smallest absolute Gasteiger partial charge is 0.335 e. The summed E-state index contributed by atoms with van der Waals surface area (Å²) < 4.78 is 10.1. The van der Waals surface area contributed by atoms with Crippen molar-refractivity contribution in [1.29, 1.82) is 0 Å². The maximum Gasteiger partial charge on any atom is 0.335 e. The zero-order valence-corrected chi connectivity index (χ0v) is 16.2. The van der Waals surface area contributed by atoms with Gasteiger partial charge in [0.25, 0.3) is 0 Å². The molecule has 0 radical (unpaired) electrons. The number of Topliss-reactive ketones (excluding diaryl/α,β-unsaturated/α-hetero) is 2. The molecular weight excluding hydrogens is 422 g/mol. The van der Waals surface area contributed by atoms with Gasteiger partial charge < -0.3 is 35.0 Å². The van der Waals surface area contributed by atoms with E-state index in [1.807, 2.05) is 0 Å². The summed E-state index contributed by atoms with van der Waals surface area (Å²) in [6.45, 7) is 2.20. The number of aliphatic hydroxyl groups is 3. The molecule has 0 amide bonds. The Labute approximate surface area is 173 Å². The predicted octanol–water partition coefficient (Wildman–Crippen LogP) is -0.867. The number of aromatic hydroxyl groups is 1. The van der Waals surface area contributed by atoms with E-state index in [4.69, 9.17) is 14.6 Å². The van der Waals surface area contributed by atoms with Crippen molar-refractivity contribution in [3.05, 3.63) is 33.4 Å². The van der Waals surface area contributed by atoms with Crippen LogP contribution in [0.3, 0.4) is 0 Å². The topological polar surface area (TPSA) is 214 Å². The second-order valence-corrected chi connectivity index (χ2v) is 6.67. The lowest BCUT2D eigenvalue weighted by Gasteiger charge is -2.38. The molecule has 5 atom stereocenters. The summed E-state index contributed by atoms with van der Waals surface area (Å²) in [7, 11) is 0. The van der Waals surface area contributed by atoms with Gasteiger partial charge >= 0.3 is 11.7 Å². The number of carbonyl (C=O) groups is 3. The van der Waals surface area contributed by atoms with Gasteiger partial charge in [-0.25, -0.2) is 4.79 Å². The molecule has 1 aromatic rings. The maximum absolute atomic E-state index is 11.6. The molecule has 13 heteroatoms. The molecule has 1 saturated heterocycles. The van der Waals surface area contributed by atoms with Gasteiger partial charge in [-0.1, -0.05) is 0 Å². The van der Waals surface area contributed by atoms with Crippen LogP contribution >= 0.6 is 0 Å². The Bertz CT molecular complexity index is 939. The lowest BCUT2D eigenvalue weighted by Crippen LogP contribution is -2.61. The average molecular weight is 441 g/mol. The van der Waals surface area contributed by atoms with Crippen LogP contribution < -0.4 is 4.74 Å². The number of ether oxygens (including phenoxy) is 2. The van der Waals surface area contributed by atoms with E-state index in [0.29, 0.717) is 0 Å². The highest BCUT2D eigenvalue weighted by molar-refractivity contribution is 6.21. The fraction of sp³-hybridized carbons (Fsp3) is 0.389. The number of aliphatic carboxylic acids is 1. The molecule has 0 spiro atoms. The van der Waals surface area contributed by atoms with E-state index in [9.17, 15) is 44.9 Å². The Hall–Kier alpha value is -3.39. The van der Waals surface area contributed by atoms with Crippen molar-refractivity contribution in [2.75, 3.05) is 0 Å². The van der Waals surface area contributed by atoms with Gasteiger partial charge in [0.1, 0.15) is 18.3 Å². The Morgan fingerprint density at radius 1 is 1.10 bits per heavy atom. The van der Waals surface area contributed by atoms with Gasteiger partial charge in [-0.05, 0) is 31.6 Å². The number of hydrogen-bond acceptors (Lipinski definition) is 11. The minimum Gasteiger partial charge on any atom is -0.500 e.